The first-order valence-electron chi connectivity index (χ1n) is 8.26. The van der Waals surface area contributed by atoms with E-state index in [1.54, 1.807) is 18.3 Å². The minimum absolute atomic E-state index is 0.0316. The molecule has 0 aliphatic heterocycles. The molecular weight excluding hydrogens is 397 g/mol. The molecule has 0 fully saturated rings. The minimum Gasteiger partial charge on any atom is -0.463 e. The zero-order chi connectivity index (χ0) is 20.9. The van der Waals surface area contributed by atoms with Gasteiger partial charge in [0.25, 0.3) is 5.91 Å². The number of amides is 1. The van der Waals surface area contributed by atoms with E-state index in [1.165, 1.54) is 49.4 Å². The van der Waals surface area contributed by atoms with Crippen molar-refractivity contribution in [3.8, 4) is 0 Å². The van der Waals surface area contributed by atoms with Gasteiger partial charge in [-0.3, -0.25) is 4.79 Å². The predicted molar refractivity (Wildman–Crippen MR) is 99.1 cm³/mol. The van der Waals surface area contributed by atoms with Crippen LogP contribution in [-0.4, -0.2) is 30.3 Å². The highest BCUT2D eigenvalue weighted by Crippen LogP contribution is 2.34. The van der Waals surface area contributed by atoms with Gasteiger partial charge in [0, 0.05) is 16.3 Å². The van der Waals surface area contributed by atoms with Crippen LogP contribution in [0.4, 0.5) is 18.9 Å². The average Bonchev–Trinajstić information content (AvgIpc) is 2.62. The SMILES string of the molecule is CCOC(=O)C(NC(=O)c1cccc(C)c1)(Nc1ccc(Cl)cc1)C(F)(F)F. The number of carbonyl (C=O) groups is 2. The summed E-state index contributed by atoms with van der Waals surface area (Å²) in [6.45, 7) is 2.74. The van der Waals surface area contributed by atoms with Crippen molar-refractivity contribution in [2.45, 2.75) is 25.7 Å². The Morgan fingerprint density at radius 2 is 1.75 bits per heavy atom. The number of alkyl halides is 3. The highest BCUT2D eigenvalue weighted by Gasteiger charge is 2.63. The van der Waals surface area contributed by atoms with Crippen molar-refractivity contribution in [1.29, 1.82) is 0 Å². The number of carbonyl (C=O) groups excluding carboxylic acids is 2. The van der Waals surface area contributed by atoms with E-state index in [0.29, 0.717) is 10.6 Å². The number of rotatable bonds is 6. The summed E-state index contributed by atoms with van der Waals surface area (Å²) < 4.78 is 46.8. The molecule has 150 valence electrons. The molecule has 1 atom stereocenters. The second-order valence-electron chi connectivity index (χ2n) is 5.92. The zero-order valence-corrected chi connectivity index (χ0v) is 15.8. The van der Waals surface area contributed by atoms with Gasteiger partial charge >= 0.3 is 17.8 Å². The number of esters is 1. The van der Waals surface area contributed by atoms with E-state index in [4.69, 9.17) is 11.6 Å². The molecule has 0 radical (unpaired) electrons. The van der Waals surface area contributed by atoms with E-state index in [-0.39, 0.29) is 17.9 Å². The standard InChI is InChI=1S/C19H18ClF3N2O3/c1-3-28-17(27)18(19(21,22)23,24-15-9-7-14(20)8-10-15)25-16(26)13-6-4-5-12(2)11-13/h4-11,24H,3H2,1-2H3,(H,25,26). The maximum atomic E-state index is 14.1. The monoisotopic (exact) mass is 414 g/mol. The summed E-state index contributed by atoms with van der Waals surface area (Å²) in [5.41, 5.74) is -2.93. The van der Waals surface area contributed by atoms with Crippen LogP contribution < -0.4 is 10.6 Å². The maximum absolute atomic E-state index is 14.1. The van der Waals surface area contributed by atoms with Crippen LogP contribution in [0.1, 0.15) is 22.8 Å². The lowest BCUT2D eigenvalue weighted by Gasteiger charge is -2.35. The first kappa shape index (κ1) is 21.6. The van der Waals surface area contributed by atoms with Crippen molar-refractivity contribution >= 4 is 29.2 Å². The number of benzene rings is 2. The predicted octanol–water partition coefficient (Wildman–Crippen LogP) is 4.31. The number of hydrogen-bond donors (Lipinski definition) is 2. The molecule has 0 saturated carbocycles. The molecule has 0 saturated heterocycles. The van der Waals surface area contributed by atoms with Crippen LogP contribution in [-0.2, 0) is 9.53 Å². The minimum atomic E-state index is -5.21. The molecule has 9 heteroatoms. The van der Waals surface area contributed by atoms with Crippen molar-refractivity contribution < 1.29 is 27.5 Å². The van der Waals surface area contributed by atoms with E-state index in [9.17, 15) is 22.8 Å². The quantitative estimate of drug-likeness (QED) is 0.546. The van der Waals surface area contributed by atoms with Crippen LogP contribution in [0.25, 0.3) is 0 Å². The van der Waals surface area contributed by atoms with Gasteiger partial charge in [-0.2, -0.15) is 13.2 Å². The van der Waals surface area contributed by atoms with Gasteiger partial charge in [0.15, 0.2) is 0 Å². The Morgan fingerprint density at radius 1 is 1.11 bits per heavy atom. The molecule has 2 rings (SSSR count). The van der Waals surface area contributed by atoms with Crippen molar-refractivity contribution in [2.24, 2.45) is 0 Å². The van der Waals surface area contributed by atoms with Gasteiger partial charge < -0.3 is 15.4 Å². The number of aryl methyl sites for hydroxylation is 1. The summed E-state index contributed by atoms with van der Waals surface area (Å²) in [4.78, 5) is 24.9. The Morgan fingerprint density at radius 3 is 2.29 bits per heavy atom. The first-order chi connectivity index (χ1) is 13.1. The Kier molecular flexibility index (Phi) is 6.56. The lowest BCUT2D eigenvalue weighted by molar-refractivity contribution is -0.204. The fourth-order valence-electron chi connectivity index (χ4n) is 2.41. The lowest BCUT2D eigenvalue weighted by atomic mass is 10.1. The Bertz CT molecular complexity index is 856. The molecule has 0 spiro atoms. The summed E-state index contributed by atoms with van der Waals surface area (Å²) in [5, 5.41) is 4.14. The largest absolute Gasteiger partial charge is 0.463 e. The van der Waals surface area contributed by atoms with Gasteiger partial charge in [-0.15, -0.1) is 0 Å². The summed E-state index contributed by atoms with van der Waals surface area (Å²) in [6, 6.07) is 11.2. The lowest BCUT2D eigenvalue weighted by Crippen LogP contribution is -2.69. The normalized spacial score (nSPS) is 13.4. The van der Waals surface area contributed by atoms with Crippen molar-refractivity contribution in [1.82, 2.24) is 5.32 Å². The second-order valence-corrected chi connectivity index (χ2v) is 6.36. The third-order valence-corrected chi connectivity index (χ3v) is 4.02. The van der Waals surface area contributed by atoms with Gasteiger partial charge in [-0.05, 0) is 50.2 Å². The van der Waals surface area contributed by atoms with Gasteiger partial charge in [0.2, 0.25) is 0 Å². The van der Waals surface area contributed by atoms with Crippen molar-refractivity contribution in [3.05, 3.63) is 64.7 Å². The molecule has 0 heterocycles. The summed E-state index contributed by atoms with van der Waals surface area (Å²) in [5.74, 6) is -2.77. The summed E-state index contributed by atoms with van der Waals surface area (Å²) in [7, 11) is 0. The fourth-order valence-corrected chi connectivity index (χ4v) is 2.53. The Labute approximate surface area is 164 Å². The third kappa shape index (κ3) is 4.75. The van der Waals surface area contributed by atoms with Gasteiger partial charge in [0.05, 0.1) is 6.61 Å². The van der Waals surface area contributed by atoms with Crippen LogP contribution in [0.15, 0.2) is 48.5 Å². The Balaban J connectivity index is 2.50. The van der Waals surface area contributed by atoms with Crippen LogP contribution in [0.5, 0.6) is 0 Å². The molecular formula is C19H18ClF3N2O3. The number of nitrogens with one attached hydrogen (secondary N) is 2. The van der Waals surface area contributed by atoms with E-state index in [1.807, 2.05) is 0 Å². The highest BCUT2D eigenvalue weighted by atomic mass is 35.5. The molecule has 0 aliphatic carbocycles. The van der Waals surface area contributed by atoms with Gasteiger partial charge in [-0.25, -0.2) is 4.79 Å². The number of anilines is 1. The van der Waals surface area contributed by atoms with E-state index in [0.717, 1.165) is 0 Å². The average molecular weight is 415 g/mol. The molecule has 2 aromatic carbocycles. The molecule has 0 aromatic heterocycles. The molecule has 28 heavy (non-hydrogen) atoms. The fraction of sp³-hybridized carbons (Fsp3) is 0.263. The molecule has 1 unspecified atom stereocenters. The third-order valence-electron chi connectivity index (χ3n) is 3.76. The molecule has 2 N–H and O–H groups in total. The summed E-state index contributed by atoms with van der Waals surface area (Å²) in [6.07, 6.45) is -5.21. The van der Waals surface area contributed by atoms with Crippen LogP contribution in [0, 0.1) is 6.92 Å². The number of hydrogen-bond acceptors (Lipinski definition) is 4. The maximum Gasteiger partial charge on any atom is 0.441 e. The molecule has 0 aliphatic rings. The van der Waals surface area contributed by atoms with Crippen LogP contribution in [0.2, 0.25) is 5.02 Å². The molecule has 1 amide bonds. The molecule has 2 aromatic rings. The smallest absolute Gasteiger partial charge is 0.441 e. The van der Waals surface area contributed by atoms with E-state index >= 15 is 0 Å². The summed E-state index contributed by atoms with van der Waals surface area (Å²) >= 11 is 5.75. The van der Waals surface area contributed by atoms with Crippen molar-refractivity contribution in [2.75, 3.05) is 11.9 Å². The highest BCUT2D eigenvalue weighted by molar-refractivity contribution is 6.30. The molecule has 5 nitrogen and oxygen atoms in total. The van der Waals surface area contributed by atoms with E-state index < -0.39 is 23.7 Å². The number of ether oxygens (including phenoxy) is 1. The Hall–Kier alpha value is -2.74. The second kappa shape index (κ2) is 8.52. The molecule has 0 bridgehead atoms. The van der Waals surface area contributed by atoms with E-state index in [2.05, 4.69) is 10.1 Å². The van der Waals surface area contributed by atoms with Gasteiger partial charge in [-0.1, -0.05) is 29.3 Å². The van der Waals surface area contributed by atoms with Crippen LogP contribution in [0.3, 0.4) is 0 Å². The van der Waals surface area contributed by atoms with Crippen LogP contribution >= 0.6 is 11.6 Å². The van der Waals surface area contributed by atoms with Gasteiger partial charge in [0.1, 0.15) is 0 Å². The first-order valence-corrected chi connectivity index (χ1v) is 8.63. The topological polar surface area (TPSA) is 67.4 Å². The number of halogens is 4. The zero-order valence-electron chi connectivity index (χ0n) is 15.1. The van der Waals surface area contributed by atoms with Crippen molar-refractivity contribution in [3.63, 3.8) is 0 Å².